The first-order chi connectivity index (χ1) is 4.88. The minimum absolute atomic E-state index is 0.508. The van der Waals surface area contributed by atoms with Crippen LogP contribution in [0.5, 0.6) is 0 Å². The highest BCUT2D eigenvalue weighted by Crippen LogP contribution is 2.27. The zero-order valence-electron chi connectivity index (χ0n) is 5.99. The fourth-order valence-corrected chi connectivity index (χ4v) is 2.27. The molecule has 2 heterocycles. The molecule has 2 atom stereocenters. The van der Waals surface area contributed by atoms with Gasteiger partial charge in [-0.25, -0.2) is 0 Å². The molecule has 0 spiro atoms. The van der Waals surface area contributed by atoms with Crippen LogP contribution in [0.15, 0.2) is 0 Å². The number of thiol groups is 1. The van der Waals surface area contributed by atoms with E-state index in [4.69, 9.17) is 4.74 Å². The summed E-state index contributed by atoms with van der Waals surface area (Å²) in [4.78, 5) is 2.45. The van der Waals surface area contributed by atoms with Crippen molar-refractivity contribution in [1.82, 2.24) is 4.90 Å². The zero-order valence-corrected chi connectivity index (χ0v) is 6.89. The molecule has 0 N–H and O–H groups in total. The van der Waals surface area contributed by atoms with Crippen LogP contribution in [0.3, 0.4) is 0 Å². The summed E-state index contributed by atoms with van der Waals surface area (Å²) in [5.41, 5.74) is 0. The Morgan fingerprint density at radius 1 is 1.40 bits per heavy atom. The van der Waals surface area contributed by atoms with Gasteiger partial charge in [-0.3, -0.25) is 4.90 Å². The smallest absolute Gasteiger partial charge is 0.0622 e. The molecule has 0 amide bonds. The molecule has 0 aliphatic carbocycles. The normalized spacial score (nSPS) is 41.7. The van der Waals surface area contributed by atoms with E-state index in [0.29, 0.717) is 11.4 Å². The van der Waals surface area contributed by atoms with Crippen molar-refractivity contribution < 1.29 is 4.74 Å². The van der Waals surface area contributed by atoms with Gasteiger partial charge in [-0.05, 0) is 12.8 Å². The molecule has 2 aliphatic heterocycles. The summed E-state index contributed by atoms with van der Waals surface area (Å²) in [6.07, 6.45) is 2.51. The van der Waals surface area contributed by atoms with Crippen molar-refractivity contribution in [1.29, 1.82) is 0 Å². The Hall–Kier alpha value is 0.270. The molecule has 0 radical (unpaired) electrons. The molecular formula is C7H13NOS. The molecule has 0 aromatic rings. The molecule has 58 valence electrons. The van der Waals surface area contributed by atoms with Gasteiger partial charge in [0.1, 0.15) is 0 Å². The Balaban J connectivity index is 2.01. The highest BCUT2D eigenvalue weighted by molar-refractivity contribution is 7.80. The fraction of sp³-hybridized carbons (Fsp3) is 1.00. The number of hydrogen-bond acceptors (Lipinski definition) is 3. The highest BCUT2D eigenvalue weighted by atomic mass is 32.1. The van der Waals surface area contributed by atoms with Gasteiger partial charge in [0.15, 0.2) is 0 Å². The van der Waals surface area contributed by atoms with E-state index in [9.17, 15) is 0 Å². The molecule has 0 aromatic heterocycles. The van der Waals surface area contributed by atoms with Crippen LogP contribution in [0.4, 0.5) is 0 Å². The third-order valence-corrected chi connectivity index (χ3v) is 2.97. The molecule has 2 aliphatic rings. The Kier molecular flexibility index (Phi) is 1.89. The largest absolute Gasteiger partial charge is 0.378 e. The lowest BCUT2D eigenvalue weighted by Crippen LogP contribution is -2.43. The quantitative estimate of drug-likeness (QED) is 0.523. The average Bonchev–Trinajstić information content (AvgIpc) is 2.34. The lowest BCUT2D eigenvalue weighted by molar-refractivity contribution is 0.00896. The third-order valence-electron chi connectivity index (χ3n) is 2.41. The van der Waals surface area contributed by atoms with Crippen LogP contribution in [0.25, 0.3) is 0 Å². The maximum atomic E-state index is 5.36. The van der Waals surface area contributed by atoms with Gasteiger partial charge in [-0.1, -0.05) is 0 Å². The maximum Gasteiger partial charge on any atom is 0.0622 e. The van der Waals surface area contributed by atoms with Crippen LogP contribution in [-0.2, 0) is 4.74 Å². The monoisotopic (exact) mass is 159 g/mol. The first-order valence-electron chi connectivity index (χ1n) is 3.89. The number of ether oxygens (including phenoxy) is 1. The Labute approximate surface area is 66.9 Å². The van der Waals surface area contributed by atoms with Crippen LogP contribution < -0.4 is 0 Å². The molecule has 2 nitrogen and oxygen atoms in total. The SMILES string of the molecule is SC1CCC2COCCN12. The Morgan fingerprint density at radius 3 is 3.10 bits per heavy atom. The summed E-state index contributed by atoms with van der Waals surface area (Å²) < 4.78 is 5.36. The van der Waals surface area contributed by atoms with Crippen LogP contribution in [-0.4, -0.2) is 36.1 Å². The van der Waals surface area contributed by atoms with E-state index in [1.54, 1.807) is 0 Å². The fourth-order valence-electron chi connectivity index (χ4n) is 1.82. The van der Waals surface area contributed by atoms with E-state index in [-0.39, 0.29) is 0 Å². The topological polar surface area (TPSA) is 12.5 Å². The van der Waals surface area contributed by atoms with Gasteiger partial charge in [0, 0.05) is 12.6 Å². The lowest BCUT2D eigenvalue weighted by atomic mass is 10.2. The first kappa shape index (κ1) is 6.95. The van der Waals surface area contributed by atoms with E-state index in [1.807, 2.05) is 0 Å². The number of morpholine rings is 1. The molecular weight excluding hydrogens is 146 g/mol. The molecule has 0 aromatic carbocycles. The van der Waals surface area contributed by atoms with Gasteiger partial charge in [0.25, 0.3) is 0 Å². The number of nitrogens with zero attached hydrogens (tertiary/aromatic N) is 1. The van der Waals surface area contributed by atoms with E-state index >= 15 is 0 Å². The number of fused-ring (bicyclic) bond motifs is 1. The second kappa shape index (κ2) is 2.72. The van der Waals surface area contributed by atoms with Gasteiger partial charge in [-0.2, -0.15) is 12.6 Å². The summed E-state index contributed by atoms with van der Waals surface area (Å²) in [6, 6.07) is 0.677. The van der Waals surface area contributed by atoms with Crippen molar-refractivity contribution in [3.8, 4) is 0 Å². The van der Waals surface area contributed by atoms with E-state index in [0.717, 1.165) is 19.8 Å². The Morgan fingerprint density at radius 2 is 2.30 bits per heavy atom. The minimum Gasteiger partial charge on any atom is -0.378 e. The first-order valence-corrected chi connectivity index (χ1v) is 4.41. The van der Waals surface area contributed by atoms with E-state index in [1.165, 1.54) is 12.8 Å². The predicted molar refractivity (Wildman–Crippen MR) is 43.3 cm³/mol. The summed E-state index contributed by atoms with van der Waals surface area (Å²) in [5, 5.41) is 0.508. The summed E-state index contributed by atoms with van der Waals surface area (Å²) in [6.45, 7) is 2.91. The standard InChI is InChI=1S/C7H13NOS/c10-7-2-1-6-5-9-4-3-8(6)7/h6-7,10H,1-5H2. The van der Waals surface area contributed by atoms with Gasteiger partial charge >= 0.3 is 0 Å². The van der Waals surface area contributed by atoms with Gasteiger partial charge in [0.05, 0.1) is 18.6 Å². The van der Waals surface area contributed by atoms with Gasteiger partial charge in [0.2, 0.25) is 0 Å². The molecule has 2 saturated heterocycles. The van der Waals surface area contributed by atoms with E-state index < -0.39 is 0 Å². The van der Waals surface area contributed by atoms with Crippen molar-refractivity contribution in [2.24, 2.45) is 0 Å². The summed E-state index contributed by atoms with van der Waals surface area (Å²) >= 11 is 4.49. The Bertz CT molecular complexity index is 129. The average molecular weight is 159 g/mol. The van der Waals surface area contributed by atoms with Crippen molar-refractivity contribution >= 4 is 12.6 Å². The molecule has 2 fully saturated rings. The van der Waals surface area contributed by atoms with Gasteiger partial charge < -0.3 is 4.74 Å². The molecule has 10 heavy (non-hydrogen) atoms. The summed E-state index contributed by atoms with van der Waals surface area (Å²) in [7, 11) is 0. The number of hydrogen-bond donors (Lipinski definition) is 1. The highest BCUT2D eigenvalue weighted by Gasteiger charge is 2.32. The van der Waals surface area contributed by atoms with E-state index in [2.05, 4.69) is 17.5 Å². The summed E-state index contributed by atoms with van der Waals surface area (Å²) in [5.74, 6) is 0. The van der Waals surface area contributed by atoms with Crippen molar-refractivity contribution in [2.75, 3.05) is 19.8 Å². The molecule has 0 saturated carbocycles. The maximum absolute atomic E-state index is 5.36. The van der Waals surface area contributed by atoms with Crippen molar-refractivity contribution in [2.45, 2.75) is 24.3 Å². The number of rotatable bonds is 0. The van der Waals surface area contributed by atoms with Crippen LogP contribution >= 0.6 is 12.6 Å². The second-order valence-electron chi connectivity index (χ2n) is 3.02. The van der Waals surface area contributed by atoms with Crippen molar-refractivity contribution in [3.05, 3.63) is 0 Å². The molecule has 2 rings (SSSR count). The molecule has 3 heteroatoms. The third kappa shape index (κ3) is 1.06. The second-order valence-corrected chi connectivity index (χ2v) is 3.62. The van der Waals surface area contributed by atoms with Crippen molar-refractivity contribution in [3.63, 3.8) is 0 Å². The van der Waals surface area contributed by atoms with Crippen LogP contribution in [0, 0.1) is 0 Å². The van der Waals surface area contributed by atoms with Crippen LogP contribution in [0.1, 0.15) is 12.8 Å². The van der Waals surface area contributed by atoms with Gasteiger partial charge in [-0.15, -0.1) is 0 Å². The zero-order chi connectivity index (χ0) is 6.97. The minimum atomic E-state index is 0.508. The van der Waals surface area contributed by atoms with Crippen LogP contribution in [0.2, 0.25) is 0 Å². The lowest BCUT2D eigenvalue weighted by Gasteiger charge is -2.31. The molecule has 0 bridgehead atoms. The molecule has 2 unspecified atom stereocenters. The predicted octanol–water partition coefficient (Wildman–Crippen LogP) is 0.737.